The van der Waals surface area contributed by atoms with Crippen LogP contribution in [0.4, 0.5) is 0 Å². The summed E-state index contributed by atoms with van der Waals surface area (Å²) in [6, 6.07) is 13.0. The van der Waals surface area contributed by atoms with E-state index in [2.05, 4.69) is 20.8 Å². The number of hydrogen-bond acceptors (Lipinski definition) is 6. The van der Waals surface area contributed by atoms with E-state index in [4.69, 9.17) is 0 Å². The van der Waals surface area contributed by atoms with E-state index < -0.39 is 0 Å². The molecule has 0 aliphatic heterocycles. The Balaban J connectivity index is 1.65. The standard InChI is InChI=1S/C26H30N6O3S/c1-5-12-31-24(35)20-11-10-19(23(34)28-16(2)3)13-21(20)32-25(31)29-30-26(32)36-15-22(33)27-14-18-8-6-17(4)7-9-18/h6-11,13,16H,5,12,14-15H2,1-4H3,(H,27,33)(H,28,34). The van der Waals surface area contributed by atoms with E-state index in [0.29, 0.717) is 40.5 Å². The van der Waals surface area contributed by atoms with Crippen molar-refractivity contribution in [2.45, 2.75) is 58.4 Å². The zero-order chi connectivity index (χ0) is 25.8. The molecule has 2 amide bonds. The first-order chi connectivity index (χ1) is 17.3. The molecule has 0 fully saturated rings. The van der Waals surface area contributed by atoms with Crippen LogP contribution in [0.2, 0.25) is 0 Å². The molecule has 0 aliphatic rings. The molecule has 0 spiro atoms. The molecule has 0 saturated carbocycles. The maximum atomic E-state index is 13.2. The molecule has 9 nitrogen and oxygen atoms in total. The van der Waals surface area contributed by atoms with Gasteiger partial charge in [0.1, 0.15) is 0 Å². The fourth-order valence-electron chi connectivity index (χ4n) is 3.87. The highest BCUT2D eigenvalue weighted by atomic mass is 32.2. The van der Waals surface area contributed by atoms with E-state index in [9.17, 15) is 14.4 Å². The number of benzene rings is 2. The molecule has 36 heavy (non-hydrogen) atoms. The Morgan fingerprint density at radius 1 is 1.08 bits per heavy atom. The first kappa shape index (κ1) is 25.4. The summed E-state index contributed by atoms with van der Waals surface area (Å²) in [6.45, 7) is 8.70. The molecule has 2 aromatic heterocycles. The molecule has 0 aliphatic carbocycles. The fourth-order valence-corrected chi connectivity index (χ4v) is 4.64. The second-order valence-corrected chi connectivity index (χ2v) is 9.93. The van der Waals surface area contributed by atoms with Crippen molar-refractivity contribution in [2.24, 2.45) is 0 Å². The van der Waals surface area contributed by atoms with E-state index in [0.717, 1.165) is 17.5 Å². The van der Waals surface area contributed by atoms with Crippen molar-refractivity contribution >= 4 is 40.3 Å². The molecule has 0 bridgehead atoms. The minimum Gasteiger partial charge on any atom is -0.351 e. The Hall–Kier alpha value is -3.66. The third-order valence-corrected chi connectivity index (χ3v) is 6.57. The van der Waals surface area contributed by atoms with Crippen LogP contribution in [0.15, 0.2) is 52.4 Å². The van der Waals surface area contributed by atoms with Crippen LogP contribution in [0.1, 0.15) is 48.7 Å². The summed E-state index contributed by atoms with van der Waals surface area (Å²) in [4.78, 5) is 38.4. The van der Waals surface area contributed by atoms with Crippen molar-refractivity contribution in [3.05, 3.63) is 69.5 Å². The van der Waals surface area contributed by atoms with Crippen LogP contribution < -0.4 is 16.2 Å². The predicted molar refractivity (Wildman–Crippen MR) is 141 cm³/mol. The summed E-state index contributed by atoms with van der Waals surface area (Å²) in [5.74, 6) is 0.156. The highest BCUT2D eigenvalue weighted by molar-refractivity contribution is 7.99. The maximum Gasteiger partial charge on any atom is 0.262 e. The quantitative estimate of drug-likeness (QED) is 0.337. The lowest BCUT2D eigenvalue weighted by Crippen LogP contribution is -2.30. The number of nitrogens with zero attached hydrogens (tertiary/aromatic N) is 4. The van der Waals surface area contributed by atoms with E-state index >= 15 is 0 Å². The van der Waals surface area contributed by atoms with Crippen LogP contribution in [0, 0.1) is 6.92 Å². The molecule has 10 heteroatoms. The number of nitrogens with one attached hydrogen (secondary N) is 2. The minimum atomic E-state index is -0.226. The summed E-state index contributed by atoms with van der Waals surface area (Å²) >= 11 is 1.24. The van der Waals surface area contributed by atoms with Crippen molar-refractivity contribution in [1.29, 1.82) is 0 Å². The molecule has 0 unspecified atom stereocenters. The number of carbonyl (C=O) groups is 2. The molecule has 0 saturated heterocycles. The number of fused-ring (bicyclic) bond motifs is 3. The van der Waals surface area contributed by atoms with Gasteiger partial charge >= 0.3 is 0 Å². The monoisotopic (exact) mass is 506 g/mol. The maximum absolute atomic E-state index is 13.2. The molecule has 0 radical (unpaired) electrons. The van der Waals surface area contributed by atoms with Gasteiger partial charge in [0.15, 0.2) is 5.16 Å². The van der Waals surface area contributed by atoms with E-state index in [1.54, 1.807) is 27.2 Å². The summed E-state index contributed by atoms with van der Waals surface area (Å²) in [6.07, 6.45) is 0.743. The van der Waals surface area contributed by atoms with Gasteiger partial charge in [-0.1, -0.05) is 48.5 Å². The topological polar surface area (TPSA) is 110 Å². The van der Waals surface area contributed by atoms with E-state index in [-0.39, 0.29) is 29.2 Å². The number of carbonyl (C=O) groups excluding carboxylic acids is 2. The average Bonchev–Trinajstić information content (AvgIpc) is 3.28. The molecular weight excluding hydrogens is 476 g/mol. The van der Waals surface area contributed by atoms with Crippen molar-refractivity contribution < 1.29 is 9.59 Å². The van der Waals surface area contributed by atoms with Gasteiger partial charge in [0.2, 0.25) is 11.7 Å². The van der Waals surface area contributed by atoms with Gasteiger partial charge in [-0.05, 0) is 51.0 Å². The van der Waals surface area contributed by atoms with E-state index in [1.807, 2.05) is 52.0 Å². The van der Waals surface area contributed by atoms with Crippen LogP contribution in [-0.2, 0) is 17.9 Å². The Labute approximate surface area is 213 Å². The van der Waals surface area contributed by atoms with Gasteiger partial charge < -0.3 is 10.6 Å². The van der Waals surface area contributed by atoms with Crippen LogP contribution in [0.3, 0.4) is 0 Å². The number of aryl methyl sites for hydroxylation is 2. The van der Waals surface area contributed by atoms with Crippen LogP contribution in [-0.4, -0.2) is 42.8 Å². The summed E-state index contributed by atoms with van der Waals surface area (Å²) < 4.78 is 3.35. The van der Waals surface area contributed by atoms with Gasteiger partial charge in [0.05, 0.1) is 16.7 Å². The van der Waals surface area contributed by atoms with Gasteiger partial charge in [-0.25, -0.2) is 0 Å². The van der Waals surface area contributed by atoms with Crippen molar-refractivity contribution in [3.8, 4) is 0 Å². The Kier molecular flexibility index (Phi) is 7.73. The molecule has 188 valence electrons. The van der Waals surface area contributed by atoms with Gasteiger partial charge in [-0.15, -0.1) is 10.2 Å². The molecule has 2 N–H and O–H groups in total. The summed E-state index contributed by atoms with van der Waals surface area (Å²) in [7, 11) is 0. The number of aromatic nitrogens is 4. The van der Waals surface area contributed by atoms with Gasteiger partial charge in [-0.3, -0.25) is 23.4 Å². The molecule has 2 aromatic carbocycles. The lowest BCUT2D eigenvalue weighted by molar-refractivity contribution is -0.118. The minimum absolute atomic E-state index is 0.0229. The molecular formula is C26H30N6O3S. The summed E-state index contributed by atoms with van der Waals surface area (Å²) in [5.41, 5.74) is 2.97. The van der Waals surface area contributed by atoms with Gasteiger partial charge in [0, 0.05) is 24.7 Å². The zero-order valence-corrected chi connectivity index (χ0v) is 21.7. The number of amides is 2. The first-order valence-corrected chi connectivity index (χ1v) is 12.9. The highest BCUT2D eigenvalue weighted by Gasteiger charge is 2.19. The Bertz CT molecular complexity index is 1470. The van der Waals surface area contributed by atoms with Crippen LogP contribution in [0.25, 0.3) is 16.7 Å². The average molecular weight is 507 g/mol. The summed E-state index contributed by atoms with van der Waals surface area (Å²) in [5, 5.41) is 15.3. The number of hydrogen-bond donors (Lipinski definition) is 2. The third kappa shape index (κ3) is 5.43. The van der Waals surface area contributed by atoms with E-state index in [1.165, 1.54) is 11.8 Å². The Morgan fingerprint density at radius 2 is 1.83 bits per heavy atom. The highest BCUT2D eigenvalue weighted by Crippen LogP contribution is 2.23. The van der Waals surface area contributed by atoms with Crippen molar-refractivity contribution in [1.82, 2.24) is 29.8 Å². The van der Waals surface area contributed by atoms with Crippen molar-refractivity contribution in [3.63, 3.8) is 0 Å². The van der Waals surface area contributed by atoms with Crippen LogP contribution >= 0.6 is 11.8 Å². The normalized spacial score (nSPS) is 11.4. The molecule has 4 rings (SSSR count). The lowest BCUT2D eigenvalue weighted by atomic mass is 10.1. The second kappa shape index (κ2) is 10.9. The smallest absolute Gasteiger partial charge is 0.262 e. The third-order valence-electron chi connectivity index (χ3n) is 5.64. The number of rotatable bonds is 9. The number of thioether (sulfide) groups is 1. The fraction of sp³-hybridized carbons (Fsp3) is 0.346. The molecule has 2 heterocycles. The zero-order valence-electron chi connectivity index (χ0n) is 20.9. The largest absolute Gasteiger partial charge is 0.351 e. The lowest BCUT2D eigenvalue weighted by Gasteiger charge is -2.13. The second-order valence-electron chi connectivity index (χ2n) is 8.99. The Morgan fingerprint density at radius 3 is 2.53 bits per heavy atom. The van der Waals surface area contributed by atoms with Crippen molar-refractivity contribution in [2.75, 3.05) is 5.75 Å². The van der Waals surface area contributed by atoms with Gasteiger partial charge in [0.25, 0.3) is 11.5 Å². The predicted octanol–water partition coefficient (Wildman–Crippen LogP) is 3.31. The first-order valence-electron chi connectivity index (χ1n) is 12.0. The van der Waals surface area contributed by atoms with Gasteiger partial charge in [-0.2, -0.15) is 0 Å². The van der Waals surface area contributed by atoms with Crippen LogP contribution in [0.5, 0.6) is 0 Å². The SMILES string of the molecule is CCCn1c(=O)c2ccc(C(=O)NC(C)C)cc2n2c(SCC(=O)NCc3ccc(C)cc3)nnc12. The molecule has 0 atom stereocenters. The molecule has 4 aromatic rings.